The van der Waals surface area contributed by atoms with E-state index in [1.165, 1.54) is 23.3 Å². The fourth-order valence-corrected chi connectivity index (χ4v) is 4.91. The minimum absolute atomic E-state index is 0.263. The number of benzene rings is 2. The van der Waals surface area contributed by atoms with E-state index in [1.54, 1.807) is 24.3 Å². The van der Waals surface area contributed by atoms with E-state index in [0.717, 1.165) is 42.6 Å². The zero-order valence-electron chi connectivity index (χ0n) is 17.0. The van der Waals surface area contributed by atoms with Crippen LogP contribution in [0.2, 0.25) is 0 Å². The number of nitrogens with one attached hydrogen (secondary N) is 1. The Morgan fingerprint density at radius 2 is 1.77 bits per heavy atom. The standard InChI is InChI=1S/C24H23NO4S/c1-15-6-5-7-18(14-15)29-17-12-10-16(11-13-17)22(26)25-23-21(24(27)28-2)19-8-3-4-9-20(19)30-23/h5-7,10-14H,3-4,8-9H2,1-2H3,(H,25,26). The van der Waals surface area contributed by atoms with E-state index in [9.17, 15) is 9.59 Å². The summed E-state index contributed by atoms with van der Waals surface area (Å²) < 4.78 is 10.8. The molecule has 0 unspecified atom stereocenters. The molecule has 0 atom stereocenters. The van der Waals surface area contributed by atoms with Crippen LogP contribution in [-0.4, -0.2) is 19.0 Å². The Morgan fingerprint density at radius 3 is 2.50 bits per heavy atom. The number of esters is 1. The van der Waals surface area contributed by atoms with Crippen molar-refractivity contribution < 1.29 is 19.1 Å². The fourth-order valence-electron chi connectivity index (χ4n) is 3.64. The normalized spacial score (nSPS) is 12.7. The predicted molar refractivity (Wildman–Crippen MR) is 118 cm³/mol. The van der Waals surface area contributed by atoms with Gasteiger partial charge in [-0.25, -0.2) is 4.79 Å². The summed E-state index contributed by atoms with van der Waals surface area (Å²) in [6.45, 7) is 2.01. The molecule has 1 aliphatic carbocycles. The zero-order valence-corrected chi connectivity index (χ0v) is 17.8. The summed E-state index contributed by atoms with van der Waals surface area (Å²) in [6, 6.07) is 14.7. The first-order valence-electron chi connectivity index (χ1n) is 9.94. The van der Waals surface area contributed by atoms with Gasteiger partial charge in [-0.1, -0.05) is 12.1 Å². The van der Waals surface area contributed by atoms with Crippen molar-refractivity contribution in [1.82, 2.24) is 0 Å². The average molecular weight is 422 g/mol. The smallest absolute Gasteiger partial charge is 0.341 e. The van der Waals surface area contributed by atoms with Crippen molar-refractivity contribution in [2.75, 3.05) is 12.4 Å². The number of hydrogen-bond acceptors (Lipinski definition) is 5. The predicted octanol–water partition coefficient (Wildman–Crippen LogP) is 5.77. The number of amides is 1. The number of anilines is 1. The second-order valence-corrected chi connectivity index (χ2v) is 8.41. The highest BCUT2D eigenvalue weighted by Crippen LogP contribution is 2.38. The summed E-state index contributed by atoms with van der Waals surface area (Å²) in [5, 5.41) is 3.48. The van der Waals surface area contributed by atoms with E-state index >= 15 is 0 Å². The largest absolute Gasteiger partial charge is 0.465 e. The van der Waals surface area contributed by atoms with Crippen LogP contribution in [0.3, 0.4) is 0 Å². The van der Waals surface area contributed by atoms with E-state index in [0.29, 0.717) is 21.9 Å². The van der Waals surface area contributed by atoms with Crippen LogP contribution >= 0.6 is 11.3 Å². The van der Waals surface area contributed by atoms with Crippen molar-refractivity contribution in [1.29, 1.82) is 0 Å². The van der Waals surface area contributed by atoms with Gasteiger partial charge >= 0.3 is 5.97 Å². The van der Waals surface area contributed by atoms with Crippen LogP contribution in [0.25, 0.3) is 0 Å². The molecule has 1 heterocycles. The van der Waals surface area contributed by atoms with Crippen LogP contribution < -0.4 is 10.1 Å². The SMILES string of the molecule is COC(=O)c1c(NC(=O)c2ccc(Oc3cccc(C)c3)cc2)sc2c1CCCC2. The van der Waals surface area contributed by atoms with Crippen LogP contribution in [0.4, 0.5) is 5.00 Å². The summed E-state index contributed by atoms with van der Waals surface area (Å²) in [4.78, 5) is 26.3. The first kappa shape index (κ1) is 20.2. The molecule has 0 saturated carbocycles. The lowest BCUT2D eigenvalue weighted by molar-refractivity contribution is 0.0601. The molecule has 30 heavy (non-hydrogen) atoms. The van der Waals surface area contributed by atoms with E-state index in [-0.39, 0.29) is 5.91 Å². The Balaban J connectivity index is 1.51. The highest BCUT2D eigenvalue weighted by atomic mass is 32.1. The maximum Gasteiger partial charge on any atom is 0.341 e. The number of ether oxygens (including phenoxy) is 2. The van der Waals surface area contributed by atoms with Gasteiger partial charge in [0.05, 0.1) is 12.7 Å². The summed E-state index contributed by atoms with van der Waals surface area (Å²) in [5.41, 5.74) is 3.14. The minimum Gasteiger partial charge on any atom is -0.465 e. The number of carbonyl (C=O) groups excluding carboxylic acids is 2. The van der Waals surface area contributed by atoms with Gasteiger partial charge in [0.15, 0.2) is 0 Å². The van der Waals surface area contributed by atoms with Gasteiger partial charge in [-0.2, -0.15) is 0 Å². The van der Waals surface area contributed by atoms with Gasteiger partial charge in [0.25, 0.3) is 5.91 Å². The molecule has 6 heteroatoms. The van der Waals surface area contributed by atoms with Crippen LogP contribution in [0.5, 0.6) is 11.5 Å². The number of fused-ring (bicyclic) bond motifs is 1. The van der Waals surface area contributed by atoms with E-state index in [1.807, 2.05) is 31.2 Å². The molecule has 5 nitrogen and oxygen atoms in total. The number of rotatable bonds is 5. The first-order valence-corrected chi connectivity index (χ1v) is 10.8. The molecule has 4 rings (SSSR count). The fraction of sp³-hybridized carbons (Fsp3) is 0.250. The molecule has 1 N–H and O–H groups in total. The first-order chi connectivity index (χ1) is 14.5. The van der Waals surface area contributed by atoms with Crippen molar-refractivity contribution >= 4 is 28.2 Å². The molecule has 154 valence electrons. The van der Waals surface area contributed by atoms with Crippen molar-refractivity contribution in [3.8, 4) is 11.5 Å². The van der Waals surface area contributed by atoms with E-state index in [2.05, 4.69) is 5.32 Å². The Labute approximate surface area is 179 Å². The molecule has 0 aliphatic heterocycles. The molecule has 0 bridgehead atoms. The lowest BCUT2D eigenvalue weighted by atomic mass is 9.95. The van der Waals surface area contributed by atoms with Gasteiger partial charge < -0.3 is 14.8 Å². The van der Waals surface area contributed by atoms with Gasteiger partial charge in [0.1, 0.15) is 16.5 Å². The van der Waals surface area contributed by atoms with Crippen LogP contribution in [-0.2, 0) is 17.6 Å². The molecule has 0 saturated heterocycles. The summed E-state index contributed by atoms with van der Waals surface area (Å²) in [7, 11) is 1.37. The third kappa shape index (κ3) is 4.24. The molecular weight excluding hydrogens is 398 g/mol. The van der Waals surface area contributed by atoms with Crippen LogP contribution in [0, 0.1) is 6.92 Å². The van der Waals surface area contributed by atoms with E-state index in [4.69, 9.17) is 9.47 Å². The third-order valence-corrected chi connectivity index (χ3v) is 6.34. The number of aryl methyl sites for hydroxylation is 2. The lowest BCUT2D eigenvalue weighted by Gasteiger charge is -2.12. The molecule has 1 aromatic heterocycles. The third-order valence-electron chi connectivity index (χ3n) is 5.13. The van der Waals surface area contributed by atoms with Gasteiger partial charge in [-0.15, -0.1) is 11.3 Å². The van der Waals surface area contributed by atoms with Gasteiger partial charge in [0.2, 0.25) is 0 Å². The van der Waals surface area contributed by atoms with Crippen molar-refractivity contribution in [3.63, 3.8) is 0 Å². The number of hydrogen-bond donors (Lipinski definition) is 1. The van der Waals surface area contributed by atoms with Crippen molar-refractivity contribution in [2.24, 2.45) is 0 Å². The maximum absolute atomic E-state index is 12.8. The molecule has 0 radical (unpaired) electrons. The second-order valence-electron chi connectivity index (χ2n) is 7.30. The number of carbonyl (C=O) groups is 2. The number of methoxy groups -OCH3 is 1. The minimum atomic E-state index is -0.397. The van der Waals surface area contributed by atoms with E-state index < -0.39 is 5.97 Å². The van der Waals surface area contributed by atoms with Crippen molar-refractivity contribution in [3.05, 3.63) is 75.7 Å². The summed E-state index contributed by atoms with van der Waals surface area (Å²) in [5.74, 6) is 0.741. The topological polar surface area (TPSA) is 64.6 Å². The Kier molecular flexibility index (Phi) is 5.86. The van der Waals surface area contributed by atoms with Crippen LogP contribution in [0.15, 0.2) is 48.5 Å². The second kappa shape index (κ2) is 8.71. The monoisotopic (exact) mass is 421 g/mol. The molecule has 0 spiro atoms. The number of thiophene rings is 1. The Morgan fingerprint density at radius 1 is 1.00 bits per heavy atom. The molecule has 2 aromatic carbocycles. The maximum atomic E-state index is 12.8. The molecule has 0 fully saturated rings. The molecule has 3 aromatic rings. The molecule has 1 amide bonds. The van der Waals surface area contributed by atoms with Gasteiger partial charge in [-0.3, -0.25) is 4.79 Å². The zero-order chi connectivity index (χ0) is 21.1. The lowest BCUT2D eigenvalue weighted by Crippen LogP contribution is -2.15. The molecular formula is C24H23NO4S. The average Bonchev–Trinajstić information content (AvgIpc) is 3.11. The molecule has 1 aliphatic rings. The highest BCUT2D eigenvalue weighted by molar-refractivity contribution is 7.17. The quantitative estimate of drug-likeness (QED) is 0.532. The van der Waals surface area contributed by atoms with Gasteiger partial charge in [0, 0.05) is 10.4 Å². The summed E-state index contributed by atoms with van der Waals surface area (Å²) >= 11 is 1.48. The van der Waals surface area contributed by atoms with Crippen molar-refractivity contribution in [2.45, 2.75) is 32.6 Å². The Bertz CT molecular complexity index is 1090. The summed E-state index contributed by atoms with van der Waals surface area (Å²) in [6.07, 6.45) is 3.93. The highest BCUT2D eigenvalue weighted by Gasteiger charge is 2.27. The van der Waals surface area contributed by atoms with Crippen LogP contribution in [0.1, 0.15) is 49.6 Å². The Hall–Kier alpha value is -3.12. The van der Waals surface area contributed by atoms with Gasteiger partial charge in [-0.05, 0) is 80.1 Å².